The zero-order valence-electron chi connectivity index (χ0n) is 17.5. The number of imidazole rings is 1. The van der Waals surface area contributed by atoms with E-state index in [-0.39, 0.29) is 18.8 Å². The molecule has 1 aromatic carbocycles. The molecule has 170 valence electrons. The summed E-state index contributed by atoms with van der Waals surface area (Å²) < 4.78 is 49.0. The average Bonchev–Trinajstić information content (AvgIpc) is 3.39. The molecule has 0 aliphatic carbocycles. The second-order valence-electron chi connectivity index (χ2n) is 7.91. The van der Waals surface area contributed by atoms with Crippen LogP contribution in [0, 0.1) is 17.5 Å². The molecular weight excluding hydrogens is 437 g/mol. The minimum atomic E-state index is -0.716. The van der Waals surface area contributed by atoms with E-state index in [1.165, 1.54) is 34.3 Å². The Balaban J connectivity index is 1.24. The summed E-state index contributed by atoms with van der Waals surface area (Å²) in [7, 11) is 1.80. The smallest absolute Gasteiger partial charge is 0.341 e. The van der Waals surface area contributed by atoms with Crippen LogP contribution in [0.4, 0.5) is 18.0 Å². The molecule has 1 atom stereocenters. The van der Waals surface area contributed by atoms with Crippen molar-refractivity contribution in [2.45, 2.75) is 18.6 Å². The number of likely N-dealkylation sites (tertiary alicyclic amines) is 1. The van der Waals surface area contributed by atoms with Crippen LogP contribution < -0.4 is 4.74 Å². The number of nitrogens with zero attached hydrogens (tertiary/aromatic N) is 6. The quantitative estimate of drug-likeness (QED) is 0.602. The maximum Gasteiger partial charge on any atom is 0.341 e. The molecule has 3 aromatic rings. The lowest BCUT2D eigenvalue weighted by Crippen LogP contribution is -2.58. The topological polar surface area (TPSA) is 75.8 Å². The van der Waals surface area contributed by atoms with Gasteiger partial charge in [0, 0.05) is 31.8 Å². The molecule has 2 aliphatic heterocycles. The number of benzene rings is 1. The Labute approximate surface area is 186 Å². The fraction of sp³-hybridized carbons (Fsp3) is 0.273. The van der Waals surface area contributed by atoms with E-state index in [9.17, 15) is 18.0 Å². The van der Waals surface area contributed by atoms with Gasteiger partial charge in [0.1, 0.15) is 17.7 Å². The van der Waals surface area contributed by atoms with Crippen LogP contribution in [0.15, 0.2) is 48.1 Å². The van der Waals surface area contributed by atoms with Crippen LogP contribution in [0.5, 0.6) is 5.75 Å². The molecule has 0 spiro atoms. The molecule has 5 rings (SSSR count). The molecule has 0 radical (unpaired) electrons. The van der Waals surface area contributed by atoms with Crippen molar-refractivity contribution in [2.24, 2.45) is 12.1 Å². The summed E-state index contributed by atoms with van der Waals surface area (Å²) in [4.78, 5) is 22.5. The highest BCUT2D eigenvalue weighted by atomic mass is 19.1. The minimum absolute atomic E-state index is 0.0330. The van der Waals surface area contributed by atoms with E-state index >= 15 is 0 Å². The minimum Gasteiger partial charge on any atom is -0.483 e. The van der Waals surface area contributed by atoms with Crippen LogP contribution in [-0.2, 0) is 7.05 Å². The van der Waals surface area contributed by atoms with Crippen LogP contribution in [-0.4, -0.2) is 55.9 Å². The fourth-order valence-electron chi connectivity index (χ4n) is 3.89. The van der Waals surface area contributed by atoms with Crippen molar-refractivity contribution in [3.8, 4) is 17.1 Å². The number of hydrogen-bond acceptors (Lipinski definition) is 5. The number of urea groups is 1. The van der Waals surface area contributed by atoms with E-state index in [4.69, 9.17) is 4.74 Å². The summed E-state index contributed by atoms with van der Waals surface area (Å²) in [5.74, 6) is -2.01. The number of aromatic nitrogens is 3. The van der Waals surface area contributed by atoms with Crippen molar-refractivity contribution in [1.29, 1.82) is 0 Å². The van der Waals surface area contributed by atoms with Crippen LogP contribution in [0.3, 0.4) is 0 Å². The van der Waals surface area contributed by atoms with Gasteiger partial charge in [-0.25, -0.2) is 28.0 Å². The SMILES string of the molecule is Cn1cncc1-c1cc(OC2CN(C(=O)N3N=CCC3c3cc(F)cc(F)c3)C2)c(F)cn1. The summed E-state index contributed by atoms with van der Waals surface area (Å²) in [6, 6.07) is 3.65. The number of halogens is 3. The zero-order chi connectivity index (χ0) is 23.1. The molecule has 2 aromatic heterocycles. The molecule has 0 N–H and O–H groups in total. The van der Waals surface area contributed by atoms with Gasteiger partial charge in [-0.2, -0.15) is 5.10 Å². The lowest BCUT2D eigenvalue weighted by Gasteiger charge is -2.41. The van der Waals surface area contributed by atoms with Gasteiger partial charge in [0.15, 0.2) is 11.6 Å². The zero-order valence-corrected chi connectivity index (χ0v) is 17.5. The summed E-state index contributed by atoms with van der Waals surface area (Å²) in [6.07, 6.45) is 5.78. The lowest BCUT2D eigenvalue weighted by atomic mass is 10.0. The highest BCUT2D eigenvalue weighted by Crippen LogP contribution is 2.32. The first-order valence-electron chi connectivity index (χ1n) is 10.2. The molecule has 2 aliphatic rings. The van der Waals surface area contributed by atoms with Gasteiger partial charge in [0.25, 0.3) is 0 Å². The van der Waals surface area contributed by atoms with Gasteiger partial charge in [-0.05, 0) is 17.7 Å². The highest BCUT2D eigenvalue weighted by Gasteiger charge is 2.39. The molecular formula is C22H19F3N6O2. The predicted octanol–water partition coefficient (Wildman–Crippen LogP) is 3.52. The fourth-order valence-corrected chi connectivity index (χ4v) is 3.89. The van der Waals surface area contributed by atoms with E-state index in [2.05, 4.69) is 15.1 Å². The van der Waals surface area contributed by atoms with Crippen molar-refractivity contribution in [3.63, 3.8) is 0 Å². The van der Waals surface area contributed by atoms with Gasteiger partial charge in [-0.3, -0.25) is 4.98 Å². The Hall–Kier alpha value is -3.89. The molecule has 11 heteroatoms. The normalized spacial score (nSPS) is 18.0. The average molecular weight is 456 g/mol. The Morgan fingerprint density at radius 3 is 2.55 bits per heavy atom. The number of amides is 2. The van der Waals surface area contributed by atoms with Crippen LogP contribution in [0.1, 0.15) is 18.0 Å². The standard InChI is InChI=1S/C22H19F3N6O2/c1-29-12-26-9-20(29)18-7-21(17(25)8-27-18)33-16-10-30(11-16)22(32)31-19(2-3-28-31)13-4-14(23)6-15(24)5-13/h3-9,12,16,19H,2,10-11H2,1H3. The second-order valence-corrected chi connectivity index (χ2v) is 7.91. The van der Waals surface area contributed by atoms with Gasteiger partial charge in [-0.1, -0.05) is 0 Å². The molecule has 1 saturated heterocycles. The van der Waals surface area contributed by atoms with Crippen molar-refractivity contribution in [2.75, 3.05) is 13.1 Å². The van der Waals surface area contributed by atoms with Crippen LogP contribution in [0.25, 0.3) is 11.4 Å². The summed E-state index contributed by atoms with van der Waals surface area (Å²) in [5.41, 5.74) is 1.54. The number of hydrazone groups is 1. The van der Waals surface area contributed by atoms with E-state index in [0.29, 0.717) is 23.4 Å². The van der Waals surface area contributed by atoms with Crippen LogP contribution in [0.2, 0.25) is 0 Å². The van der Waals surface area contributed by atoms with Crippen molar-refractivity contribution < 1.29 is 22.7 Å². The number of aryl methyl sites for hydroxylation is 1. The third kappa shape index (κ3) is 4.01. The molecule has 0 saturated carbocycles. The molecule has 33 heavy (non-hydrogen) atoms. The number of rotatable bonds is 4. The Kier molecular flexibility index (Phi) is 5.23. The Bertz CT molecular complexity index is 1220. The lowest BCUT2D eigenvalue weighted by molar-refractivity contribution is 0.0256. The summed E-state index contributed by atoms with van der Waals surface area (Å²) in [6.45, 7) is 0.440. The number of carbonyl (C=O) groups excluding carboxylic acids is 1. The Morgan fingerprint density at radius 2 is 1.85 bits per heavy atom. The predicted molar refractivity (Wildman–Crippen MR) is 112 cm³/mol. The number of carbonyl (C=O) groups is 1. The van der Waals surface area contributed by atoms with E-state index < -0.39 is 35.6 Å². The largest absolute Gasteiger partial charge is 0.483 e. The van der Waals surface area contributed by atoms with Crippen LogP contribution >= 0.6 is 0 Å². The molecule has 1 fully saturated rings. The first-order valence-corrected chi connectivity index (χ1v) is 10.2. The summed E-state index contributed by atoms with van der Waals surface area (Å²) in [5, 5.41) is 5.29. The van der Waals surface area contributed by atoms with Gasteiger partial charge in [0.2, 0.25) is 0 Å². The van der Waals surface area contributed by atoms with Gasteiger partial charge < -0.3 is 14.2 Å². The monoisotopic (exact) mass is 456 g/mol. The van der Waals surface area contributed by atoms with Gasteiger partial charge >= 0.3 is 6.03 Å². The first kappa shape index (κ1) is 21.0. The van der Waals surface area contributed by atoms with Crippen molar-refractivity contribution in [1.82, 2.24) is 24.4 Å². The van der Waals surface area contributed by atoms with Gasteiger partial charge in [-0.15, -0.1) is 0 Å². The second kappa shape index (κ2) is 8.23. The third-order valence-electron chi connectivity index (χ3n) is 5.61. The molecule has 2 amide bonds. The molecule has 1 unspecified atom stereocenters. The van der Waals surface area contributed by atoms with Crippen molar-refractivity contribution >= 4 is 12.2 Å². The van der Waals surface area contributed by atoms with Crippen molar-refractivity contribution in [3.05, 3.63) is 66.0 Å². The van der Waals surface area contributed by atoms with E-state index in [0.717, 1.165) is 12.3 Å². The van der Waals surface area contributed by atoms with Gasteiger partial charge in [0.05, 0.1) is 49.2 Å². The van der Waals surface area contributed by atoms with E-state index in [1.807, 2.05) is 0 Å². The first-order chi connectivity index (χ1) is 15.9. The number of ether oxygens (including phenoxy) is 1. The maximum absolute atomic E-state index is 14.3. The number of pyridine rings is 1. The third-order valence-corrected chi connectivity index (χ3v) is 5.61. The summed E-state index contributed by atoms with van der Waals surface area (Å²) >= 11 is 0. The Morgan fingerprint density at radius 1 is 1.09 bits per heavy atom. The van der Waals surface area contributed by atoms with E-state index in [1.54, 1.807) is 24.1 Å². The number of hydrogen-bond donors (Lipinski definition) is 0. The highest BCUT2D eigenvalue weighted by molar-refractivity contribution is 5.79. The molecule has 4 heterocycles. The molecule has 0 bridgehead atoms. The maximum atomic E-state index is 14.3. The molecule has 8 nitrogen and oxygen atoms in total.